The molecule has 172 valence electrons. The maximum Gasteiger partial charge on any atom is 0.242 e. The average molecular weight is 481 g/mol. The van der Waals surface area contributed by atoms with Crippen molar-refractivity contribution in [1.82, 2.24) is 10.2 Å². The Morgan fingerprint density at radius 1 is 0.939 bits per heavy atom. The normalized spacial score (nSPS) is 11.6. The van der Waals surface area contributed by atoms with Crippen molar-refractivity contribution >= 4 is 35.2 Å². The summed E-state index contributed by atoms with van der Waals surface area (Å²) in [5, 5.41) is 3.34. The standard InChI is InChI=1S/C27H29ClN2O2S/c1-20-11-13-22(14-12-20)18-33-19-26(31)30(17-23-9-6-10-24(28)15-23)25(27(32)29-2)16-21-7-4-3-5-8-21/h3-15,25H,16-19H2,1-2H3,(H,29,32)/t25-/m1/s1. The van der Waals surface area contributed by atoms with Gasteiger partial charge in [-0.25, -0.2) is 0 Å². The molecule has 3 rings (SSSR count). The second-order valence-electron chi connectivity index (χ2n) is 7.95. The Balaban J connectivity index is 1.80. The molecule has 0 aliphatic carbocycles. The number of hydrogen-bond donors (Lipinski definition) is 1. The van der Waals surface area contributed by atoms with Crippen molar-refractivity contribution in [3.8, 4) is 0 Å². The number of halogens is 1. The summed E-state index contributed by atoms with van der Waals surface area (Å²) in [6.07, 6.45) is 0.440. The molecular formula is C27H29ClN2O2S. The fraction of sp³-hybridized carbons (Fsp3) is 0.259. The molecule has 0 radical (unpaired) electrons. The molecule has 0 unspecified atom stereocenters. The van der Waals surface area contributed by atoms with Gasteiger partial charge in [0.05, 0.1) is 5.75 Å². The number of aryl methyl sites for hydroxylation is 1. The molecule has 0 bridgehead atoms. The van der Waals surface area contributed by atoms with Crippen LogP contribution in [0.1, 0.15) is 22.3 Å². The molecule has 3 aromatic carbocycles. The van der Waals surface area contributed by atoms with Gasteiger partial charge in [0.2, 0.25) is 11.8 Å². The second kappa shape index (κ2) is 12.5. The molecule has 0 fully saturated rings. The van der Waals surface area contributed by atoms with E-state index >= 15 is 0 Å². The van der Waals surface area contributed by atoms with Crippen molar-refractivity contribution in [3.63, 3.8) is 0 Å². The van der Waals surface area contributed by atoms with E-state index in [0.717, 1.165) is 16.9 Å². The van der Waals surface area contributed by atoms with Gasteiger partial charge in [-0.1, -0.05) is 83.9 Å². The predicted octanol–water partition coefficient (Wildman–Crippen LogP) is 5.27. The van der Waals surface area contributed by atoms with Gasteiger partial charge in [0.15, 0.2) is 0 Å². The highest BCUT2D eigenvalue weighted by Gasteiger charge is 2.29. The second-order valence-corrected chi connectivity index (χ2v) is 9.37. The van der Waals surface area contributed by atoms with Crippen LogP contribution in [0.4, 0.5) is 0 Å². The van der Waals surface area contributed by atoms with E-state index in [1.165, 1.54) is 11.1 Å². The molecule has 0 aliphatic heterocycles. The molecule has 4 nitrogen and oxygen atoms in total. The fourth-order valence-corrected chi connectivity index (χ4v) is 4.66. The first kappa shape index (κ1) is 24.9. The molecule has 0 aromatic heterocycles. The molecule has 0 saturated carbocycles. The SMILES string of the molecule is CNC(=O)[C@@H](Cc1ccccc1)N(Cc1cccc(Cl)c1)C(=O)CSCc1ccc(C)cc1. The Kier molecular flexibility index (Phi) is 9.40. The first-order chi connectivity index (χ1) is 16.0. The number of thioether (sulfide) groups is 1. The van der Waals surface area contributed by atoms with Gasteiger partial charge in [-0.3, -0.25) is 9.59 Å². The van der Waals surface area contributed by atoms with Crippen molar-refractivity contribution in [2.45, 2.75) is 31.7 Å². The highest BCUT2D eigenvalue weighted by Crippen LogP contribution is 2.20. The summed E-state index contributed by atoms with van der Waals surface area (Å²) in [4.78, 5) is 28.0. The number of nitrogens with one attached hydrogen (secondary N) is 1. The summed E-state index contributed by atoms with van der Waals surface area (Å²) in [6.45, 7) is 2.37. The van der Waals surface area contributed by atoms with Crippen molar-refractivity contribution in [2.75, 3.05) is 12.8 Å². The maximum absolute atomic E-state index is 13.4. The van der Waals surface area contributed by atoms with Gasteiger partial charge in [0.25, 0.3) is 0 Å². The zero-order valence-corrected chi connectivity index (χ0v) is 20.5. The third kappa shape index (κ3) is 7.65. The number of rotatable bonds is 10. The first-order valence-corrected chi connectivity index (χ1v) is 12.4. The minimum atomic E-state index is -0.621. The number of carbonyl (C=O) groups excluding carboxylic acids is 2. The topological polar surface area (TPSA) is 49.4 Å². The van der Waals surface area contributed by atoms with E-state index in [1.807, 2.05) is 48.5 Å². The molecule has 1 atom stereocenters. The van der Waals surface area contributed by atoms with Crippen molar-refractivity contribution in [3.05, 3.63) is 106 Å². The molecule has 1 N–H and O–H groups in total. The Morgan fingerprint density at radius 2 is 1.64 bits per heavy atom. The Hall–Kier alpha value is -2.76. The zero-order chi connectivity index (χ0) is 23.6. The lowest BCUT2D eigenvalue weighted by Crippen LogP contribution is -2.50. The maximum atomic E-state index is 13.4. The number of nitrogens with zero attached hydrogens (tertiary/aromatic N) is 1. The van der Waals surface area contributed by atoms with E-state index in [4.69, 9.17) is 11.6 Å². The number of amides is 2. The molecule has 6 heteroatoms. The highest BCUT2D eigenvalue weighted by molar-refractivity contribution is 7.99. The van der Waals surface area contributed by atoms with Gasteiger partial charge in [-0.2, -0.15) is 0 Å². The lowest BCUT2D eigenvalue weighted by molar-refractivity contribution is -0.139. The lowest BCUT2D eigenvalue weighted by atomic mass is 10.0. The summed E-state index contributed by atoms with van der Waals surface area (Å²) in [6, 6.07) is 24.9. The van der Waals surface area contributed by atoms with Crippen molar-refractivity contribution < 1.29 is 9.59 Å². The molecule has 33 heavy (non-hydrogen) atoms. The van der Waals surface area contributed by atoms with Gasteiger partial charge < -0.3 is 10.2 Å². The number of likely N-dealkylation sites (N-methyl/N-ethyl adjacent to an activating group) is 1. The van der Waals surface area contributed by atoms with E-state index < -0.39 is 6.04 Å². The monoisotopic (exact) mass is 480 g/mol. The summed E-state index contributed by atoms with van der Waals surface area (Å²) in [7, 11) is 1.61. The Bertz CT molecular complexity index is 1060. The third-order valence-electron chi connectivity index (χ3n) is 5.37. The zero-order valence-electron chi connectivity index (χ0n) is 19.0. The molecule has 2 amide bonds. The Labute approximate surface area is 205 Å². The number of hydrogen-bond acceptors (Lipinski definition) is 3. The van der Waals surface area contributed by atoms with Crippen LogP contribution < -0.4 is 5.32 Å². The van der Waals surface area contributed by atoms with Crippen LogP contribution in [0.15, 0.2) is 78.9 Å². The minimum Gasteiger partial charge on any atom is -0.357 e. The predicted molar refractivity (Wildman–Crippen MR) is 137 cm³/mol. The van der Waals surface area contributed by atoms with Gasteiger partial charge in [-0.05, 0) is 35.7 Å². The summed E-state index contributed by atoms with van der Waals surface area (Å²) in [5.41, 5.74) is 4.28. The summed E-state index contributed by atoms with van der Waals surface area (Å²) in [5.74, 6) is 0.770. The van der Waals surface area contributed by atoms with Gasteiger partial charge in [0, 0.05) is 30.8 Å². The van der Waals surface area contributed by atoms with E-state index in [2.05, 4.69) is 36.5 Å². The van der Waals surface area contributed by atoms with Crippen LogP contribution in [-0.4, -0.2) is 35.6 Å². The minimum absolute atomic E-state index is 0.0726. The fourth-order valence-electron chi connectivity index (χ4n) is 3.58. The van der Waals surface area contributed by atoms with Crippen LogP contribution in [0.5, 0.6) is 0 Å². The van der Waals surface area contributed by atoms with E-state index in [1.54, 1.807) is 29.8 Å². The van der Waals surface area contributed by atoms with Crippen LogP contribution in [0, 0.1) is 6.92 Å². The first-order valence-electron chi connectivity index (χ1n) is 10.9. The van der Waals surface area contributed by atoms with Crippen molar-refractivity contribution in [1.29, 1.82) is 0 Å². The van der Waals surface area contributed by atoms with E-state index in [9.17, 15) is 9.59 Å². The summed E-state index contributed by atoms with van der Waals surface area (Å²) < 4.78 is 0. The van der Waals surface area contributed by atoms with Crippen LogP contribution in [-0.2, 0) is 28.3 Å². The van der Waals surface area contributed by atoms with Crippen LogP contribution in [0.25, 0.3) is 0 Å². The quantitative estimate of drug-likeness (QED) is 0.430. The number of carbonyl (C=O) groups is 2. The number of benzene rings is 3. The molecule has 0 aliphatic rings. The van der Waals surface area contributed by atoms with Gasteiger partial charge >= 0.3 is 0 Å². The van der Waals surface area contributed by atoms with Gasteiger partial charge in [0.1, 0.15) is 6.04 Å². The Morgan fingerprint density at radius 3 is 2.30 bits per heavy atom. The largest absolute Gasteiger partial charge is 0.357 e. The average Bonchev–Trinajstić information content (AvgIpc) is 2.82. The highest BCUT2D eigenvalue weighted by atomic mass is 35.5. The molecular weight excluding hydrogens is 452 g/mol. The molecule has 0 heterocycles. The smallest absolute Gasteiger partial charge is 0.242 e. The van der Waals surface area contributed by atoms with E-state index in [-0.39, 0.29) is 17.6 Å². The third-order valence-corrected chi connectivity index (χ3v) is 6.60. The molecule has 3 aromatic rings. The van der Waals surface area contributed by atoms with Gasteiger partial charge in [-0.15, -0.1) is 11.8 Å². The van der Waals surface area contributed by atoms with E-state index in [0.29, 0.717) is 18.0 Å². The van der Waals surface area contributed by atoms with Crippen LogP contribution in [0.3, 0.4) is 0 Å². The van der Waals surface area contributed by atoms with Crippen LogP contribution in [0.2, 0.25) is 5.02 Å². The van der Waals surface area contributed by atoms with Crippen LogP contribution >= 0.6 is 23.4 Å². The van der Waals surface area contributed by atoms with Crippen molar-refractivity contribution in [2.24, 2.45) is 0 Å². The summed E-state index contributed by atoms with van der Waals surface area (Å²) >= 11 is 7.74. The lowest BCUT2D eigenvalue weighted by Gasteiger charge is -2.31. The molecule has 0 saturated heterocycles. The molecule has 0 spiro atoms.